The Morgan fingerprint density at radius 1 is 1.08 bits per heavy atom. The highest BCUT2D eigenvalue weighted by atomic mass is 16.5. The smallest absolute Gasteiger partial charge is 0.355 e. The largest absolute Gasteiger partial charge is 0.466 e. The number of fused-ring (bicyclic) bond motifs is 1. The zero-order valence-electron chi connectivity index (χ0n) is 20.2. The molecule has 10 nitrogen and oxygen atoms in total. The van der Waals surface area contributed by atoms with E-state index in [1.807, 2.05) is 13.8 Å². The molecular formula is C26H25N5O5. The first-order chi connectivity index (χ1) is 17.1. The minimum Gasteiger partial charge on any atom is -0.466 e. The number of nitrogens with one attached hydrogen (secondary N) is 2. The van der Waals surface area contributed by atoms with Crippen molar-refractivity contribution in [2.75, 3.05) is 24.4 Å². The summed E-state index contributed by atoms with van der Waals surface area (Å²) in [4.78, 5) is 39.7. The number of anilines is 2. The topological polar surface area (TPSA) is 147 Å². The number of allylic oxidation sites excluding steroid dienone is 1. The van der Waals surface area contributed by atoms with Gasteiger partial charge in [0, 0.05) is 16.9 Å². The number of nitriles is 1. The van der Waals surface area contributed by atoms with Crippen LogP contribution in [0.1, 0.15) is 30.9 Å². The van der Waals surface area contributed by atoms with Crippen molar-refractivity contribution in [3.8, 4) is 6.07 Å². The molecule has 2 aromatic rings. The Kier molecular flexibility index (Phi) is 6.16. The highest BCUT2D eigenvalue weighted by Gasteiger charge is 2.43. The Morgan fingerprint density at radius 3 is 2.36 bits per heavy atom. The monoisotopic (exact) mass is 487 g/mol. The second kappa shape index (κ2) is 9.11. The zero-order chi connectivity index (χ0) is 26.2. The highest BCUT2D eigenvalue weighted by Crippen LogP contribution is 2.44. The van der Waals surface area contributed by atoms with E-state index in [4.69, 9.17) is 15.2 Å². The SMILES string of the molecule is COC(=O)C1=C(C(=O)OC)N(c2ccc3c(c2)C(C)(C)NC(=O)N3)C(N)=C(C#N)C1c1ccccc1. The maximum absolute atomic E-state index is 13.2. The van der Waals surface area contributed by atoms with Crippen molar-refractivity contribution in [3.05, 3.63) is 82.3 Å². The van der Waals surface area contributed by atoms with E-state index in [1.54, 1.807) is 48.5 Å². The molecule has 0 aliphatic carbocycles. The van der Waals surface area contributed by atoms with Crippen molar-refractivity contribution >= 4 is 29.3 Å². The summed E-state index contributed by atoms with van der Waals surface area (Å²) in [5.74, 6) is -2.63. The number of ether oxygens (including phenoxy) is 2. The van der Waals surface area contributed by atoms with Crippen LogP contribution in [-0.4, -0.2) is 32.2 Å². The second-order valence-electron chi connectivity index (χ2n) is 8.77. The molecule has 0 bridgehead atoms. The Hall–Kier alpha value is -4.78. The van der Waals surface area contributed by atoms with Crippen LogP contribution >= 0.6 is 0 Å². The molecule has 0 radical (unpaired) electrons. The van der Waals surface area contributed by atoms with E-state index >= 15 is 0 Å². The van der Waals surface area contributed by atoms with Gasteiger partial charge in [0.05, 0.1) is 42.9 Å². The van der Waals surface area contributed by atoms with E-state index < -0.39 is 23.4 Å². The zero-order valence-corrected chi connectivity index (χ0v) is 20.2. The molecule has 2 aromatic carbocycles. The standard InChI is InChI=1S/C26H25N5O5/c1-26(2)17-12-15(10-11-18(17)29-25(34)30-26)31-21(24(33)36-4)20(23(32)35-3)19(16(13-27)22(31)28)14-8-6-5-7-9-14/h5-12,19H,28H2,1-4H3,(H2,29,30,34). The number of carbonyl (C=O) groups excluding carboxylic acids is 3. The number of methoxy groups -OCH3 is 2. The van der Waals surface area contributed by atoms with Crippen LogP contribution in [0.15, 0.2) is 71.2 Å². The number of hydrogen-bond donors (Lipinski definition) is 3. The second-order valence-corrected chi connectivity index (χ2v) is 8.77. The van der Waals surface area contributed by atoms with Gasteiger partial charge in [0.2, 0.25) is 0 Å². The molecule has 1 atom stereocenters. The molecule has 0 saturated heterocycles. The molecule has 4 rings (SSSR count). The first-order valence-electron chi connectivity index (χ1n) is 11.0. The summed E-state index contributed by atoms with van der Waals surface area (Å²) >= 11 is 0. The molecule has 2 amide bonds. The fourth-order valence-corrected chi connectivity index (χ4v) is 4.58. The molecule has 4 N–H and O–H groups in total. The summed E-state index contributed by atoms with van der Waals surface area (Å²) < 4.78 is 10.1. The predicted octanol–water partition coefficient (Wildman–Crippen LogP) is 2.95. The van der Waals surface area contributed by atoms with Gasteiger partial charge in [0.1, 0.15) is 11.5 Å². The minimum absolute atomic E-state index is 0.0371. The number of carbonyl (C=O) groups is 3. The third-order valence-corrected chi connectivity index (χ3v) is 6.22. The summed E-state index contributed by atoms with van der Waals surface area (Å²) in [5.41, 5.74) is 7.87. The van der Waals surface area contributed by atoms with Gasteiger partial charge in [-0.3, -0.25) is 4.90 Å². The van der Waals surface area contributed by atoms with Crippen molar-refractivity contribution in [1.29, 1.82) is 5.26 Å². The van der Waals surface area contributed by atoms with Gasteiger partial charge in [-0.25, -0.2) is 14.4 Å². The van der Waals surface area contributed by atoms with Gasteiger partial charge in [-0.05, 0) is 37.6 Å². The lowest BCUT2D eigenvalue weighted by Gasteiger charge is -2.38. The quantitative estimate of drug-likeness (QED) is 0.558. The van der Waals surface area contributed by atoms with Crippen molar-refractivity contribution in [3.63, 3.8) is 0 Å². The molecule has 0 saturated carbocycles. The van der Waals surface area contributed by atoms with Gasteiger partial charge in [0.25, 0.3) is 0 Å². The molecule has 2 aliphatic heterocycles. The van der Waals surface area contributed by atoms with Crippen LogP contribution in [0.2, 0.25) is 0 Å². The average molecular weight is 488 g/mol. The predicted molar refractivity (Wildman–Crippen MR) is 131 cm³/mol. The Labute approximate surface area is 208 Å². The Morgan fingerprint density at radius 2 is 1.75 bits per heavy atom. The first kappa shape index (κ1) is 24.3. The van der Waals surface area contributed by atoms with Gasteiger partial charge in [0.15, 0.2) is 0 Å². The van der Waals surface area contributed by atoms with E-state index in [9.17, 15) is 19.6 Å². The van der Waals surface area contributed by atoms with E-state index in [-0.39, 0.29) is 28.7 Å². The highest BCUT2D eigenvalue weighted by molar-refractivity contribution is 6.06. The number of rotatable bonds is 4. The van der Waals surface area contributed by atoms with Crippen LogP contribution in [0.25, 0.3) is 0 Å². The van der Waals surface area contributed by atoms with Crippen molar-refractivity contribution in [1.82, 2.24) is 5.32 Å². The first-order valence-corrected chi connectivity index (χ1v) is 11.0. The third-order valence-electron chi connectivity index (χ3n) is 6.22. The molecule has 1 unspecified atom stereocenters. The maximum Gasteiger partial charge on any atom is 0.355 e. The van der Waals surface area contributed by atoms with Crippen LogP contribution in [0, 0.1) is 11.3 Å². The van der Waals surface area contributed by atoms with Crippen LogP contribution in [0.4, 0.5) is 16.2 Å². The fourth-order valence-electron chi connectivity index (χ4n) is 4.58. The molecule has 2 aliphatic rings. The molecule has 0 fully saturated rings. The van der Waals surface area contributed by atoms with E-state index in [2.05, 4.69) is 16.7 Å². The molecule has 10 heteroatoms. The number of hydrogen-bond acceptors (Lipinski definition) is 8. The van der Waals surface area contributed by atoms with E-state index in [1.165, 1.54) is 19.1 Å². The van der Waals surface area contributed by atoms with Crippen LogP contribution in [0.3, 0.4) is 0 Å². The normalized spacial score (nSPS) is 18.5. The van der Waals surface area contributed by atoms with Crippen molar-refractivity contribution in [2.24, 2.45) is 5.73 Å². The lowest BCUT2D eigenvalue weighted by molar-refractivity contribution is -0.139. The molecule has 2 heterocycles. The fraction of sp³-hybridized carbons (Fsp3) is 0.231. The van der Waals surface area contributed by atoms with Gasteiger partial charge >= 0.3 is 18.0 Å². The summed E-state index contributed by atoms with van der Waals surface area (Å²) in [6.45, 7) is 3.65. The Balaban J connectivity index is 2.03. The molecular weight excluding hydrogens is 462 g/mol. The number of nitrogens with zero attached hydrogens (tertiary/aromatic N) is 2. The lowest BCUT2D eigenvalue weighted by Crippen LogP contribution is -2.48. The maximum atomic E-state index is 13.2. The number of nitrogens with two attached hydrogens (primary N) is 1. The number of esters is 2. The van der Waals surface area contributed by atoms with Crippen LogP contribution < -0.4 is 21.3 Å². The minimum atomic E-state index is -0.955. The molecule has 0 spiro atoms. The van der Waals surface area contributed by atoms with E-state index in [0.29, 0.717) is 22.5 Å². The third kappa shape index (κ3) is 3.90. The number of urea groups is 1. The van der Waals surface area contributed by atoms with Crippen molar-refractivity contribution in [2.45, 2.75) is 25.3 Å². The van der Waals surface area contributed by atoms with Gasteiger partial charge in [-0.1, -0.05) is 30.3 Å². The van der Waals surface area contributed by atoms with Crippen LogP contribution in [0.5, 0.6) is 0 Å². The summed E-state index contributed by atoms with van der Waals surface area (Å²) in [5, 5.41) is 15.7. The van der Waals surface area contributed by atoms with Gasteiger partial charge in [-0.2, -0.15) is 5.26 Å². The molecule has 36 heavy (non-hydrogen) atoms. The lowest BCUT2D eigenvalue weighted by atomic mass is 9.80. The van der Waals surface area contributed by atoms with Gasteiger partial charge < -0.3 is 25.8 Å². The summed E-state index contributed by atoms with van der Waals surface area (Å²) in [7, 11) is 2.38. The number of benzene rings is 2. The number of amides is 2. The molecule has 184 valence electrons. The molecule has 0 aromatic heterocycles. The van der Waals surface area contributed by atoms with Crippen molar-refractivity contribution < 1.29 is 23.9 Å². The Bertz CT molecular complexity index is 1370. The van der Waals surface area contributed by atoms with Crippen LogP contribution in [-0.2, 0) is 24.6 Å². The summed E-state index contributed by atoms with van der Waals surface area (Å²) in [6, 6.07) is 15.6. The van der Waals surface area contributed by atoms with Gasteiger partial charge in [-0.15, -0.1) is 0 Å². The average Bonchev–Trinajstić information content (AvgIpc) is 2.86. The van der Waals surface area contributed by atoms with E-state index in [0.717, 1.165) is 0 Å². The summed E-state index contributed by atoms with van der Waals surface area (Å²) in [6.07, 6.45) is 0.